The van der Waals surface area contributed by atoms with Crippen LogP contribution < -0.4 is 5.56 Å². The summed E-state index contributed by atoms with van der Waals surface area (Å²) in [6.45, 7) is 2.99. The Hall–Kier alpha value is -3.27. The highest BCUT2D eigenvalue weighted by molar-refractivity contribution is 7.20. The van der Waals surface area contributed by atoms with Gasteiger partial charge in [0.05, 0.1) is 38.0 Å². The highest BCUT2D eigenvalue weighted by Gasteiger charge is 2.22. The second-order valence-corrected chi connectivity index (χ2v) is 9.04. The maximum Gasteiger partial charge on any atom is 0.348 e. The minimum absolute atomic E-state index is 0.286. The van der Waals surface area contributed by atoms with Gasteiger partial charge in [-0.2, -0.15) is 0 Å². The monoisotopic (exact) mass is 481 g/mol. The molecule has 1 aromatic carbocycles. The van der Waals surface area contributed by atoms with Gasteiger partial charge in [0.1, 0.15) is 21.3 Å². The van der Waals surface area contributed by atoms with E-state index in [0.29, 0.717) is 59.0 Å². The van der Waals surface area contributed by atoms with E-state index in [9.17, 15) is 14.7 Å². The number of hydrogen-bond acceptors (Lipinski definition) is 8. The van der Waals surface area contributed by atoms with Crippen molar-refractivity contribution in [3.8, 4) is 0 Å². The van der Waals surface area contributed by atoms with Crippen molar-refractivity contribution in [2.75, 3.05) is 13.7 Å². The fourth-order valence-electron chi connectivity index (χ4n) is 4.05. The van der Waals surface area contributed by atoms with Gasteiger partial charge in [0.15, 0.2) is 0 Å². The summed E-state index contributed by atoms with van der Waals surface area (Å²) in [5.74, 6) is 0.730. The Morgan fingerprint density at radius 1 is 1.24 bits per heavy atom. The van der Waals surface area contributed by atoms with Crippen LogP contribution in [-0.4, -0.2) is 45.7 Å². The first-order chi connectivity index (χ1) is 16.5. The van der Waals surface area contributed by atoms with Gasteiger partial charge in [0, 0.05) is 6.54 Å². The van der Waals surface area contributed by atoms with Crippen molar-refractivity contribution >= 4 is 27.5 Å². The molecule has 0 aliphatic rings. The third-order valence-electron chi connectivity index (χ3n) is 5.55. The largest absolute Gasteiger partial charge is 0.468 e. The van der Waals surface area contributed by atoms with Gasteiger partial charge in [-0.15, -0.1) is 11.3 Å². The molecule has 3 aromatic heterocycles. The molecule has 8 nitrogen and oxygen atoms in total. The Labute approximate surface area is 200 Å². The number of hydrogen-bond donors (Lipinski definition) is 2. The van der Waals surface area contributed by atoms with E-state index in [1.54, 1.807) is 6.26 Å². The van der Waals surface area contributed by atoms with E-state index < -0.39 is 12.1 Å². The number of nitrogens with one attached hydrogen (secondary N) is 1. The first kappa shape index (κ1) is 23.9. The molecule has 0 saturated heterocycles. The second kappa shape index (κ2) is 10.8. The van der Waals surface area contributed by atoms with Gasteiger partial charge in [-0.05, 0) is 36.1 Å². The van der Waals surface area contributed by atoms with Crippen LogP contribution in [0.2, 0.25) is 0 Å². The fourth-order valence-corrected chi connectivity index (χ4v) is 5.25. The zero-order valence-electron chi connectivity index (χ0n) is 19.1. The standard InChI is InChI=1S/C25H27N3O5S/c1-3-19-21-23(30)26-20(27-24(21)34-22(19)25(31)32-2)15-28(14-18-10-7-11-33-18)13-17(29)12-16-8-5-4-6-9-16/h4-11,17,29H,3,12-15H2,1-2H3,(H,26,27,30). The number of fused-ring (bicyclic) bond motifs is 1. The third kappa shape index (κ3) is 5.44. The van der Waals surface area contributed by atoms with Crippen LogP contribution in [0.15, 0.2) is 57.9 Å². The van der Waals surface area contributed by atoms with Crippen molar-refractivity contribution in [2.45, 2.75) is 39.0 Å². The number of rotatable bonds is 10. The smallest absolute Gasteiger partial charge is 0.348 e. The quantitative estimate of drug-likeness (QED) is 0.334. The first-order valence-corrected chi connectivity index (χ1v) is 11.9. The van der Waals surface area contributed by atoms with Gasteiger partial charge in [0.25, 0.3) is 5.56 Å². The molecule has 0 fully saturated rings. The van der Waals surface area contributed by atoms with E-state index in [2.05, 4.69) is 9.97 Å². The van der Waals surface area contributed by atoms with E-state index in [4.69, 9.17) is 9.15 Å². The number of furan rings is 1. The van der Waals surface area contributed by atoms with Crippen LogP contribution in [0.25, 0.3) is 10.2 Å². The molecule has 0 aliphatic carbocycles. The molecule has 2 N–H and O–H groups in total. The van der Waals surface area contributed by atoms with Crippen molar-refractivity contribution in [3.63, 3.8) is 0 Å². The summed E-state index contributed by atoms with van der Waals surface area (Å²) >= 11 is 1.17. The van der Waals surface area contributed by atoms with Crippen LogP contribution in [-0.2, 0) is 30.7 Å². The summed E-state index contributed by atoms with van der Waals surface area (Å²) in [5.41, 5.74) is 1.41. The number of aliphatic hydroxyl groups excluding tert-OH is 1. The average Bonchev–Trinajstić information content (AvgIpc) is 3.46. The molecule has 0 spiro atoms. The average molecular weight is 482 g/mol. The molecule has 0 bridgehead atoms. The summed E-state index contributed by atoms with van der Waals surface area (Å²) in [5, 5.41) is 11.2. The number of carbonyl (C=O) groups excluding carboxylic acids is 1. The van der Waals surface area contributed by atoms with E-state index in [0.717, 1.165) is 11.3 Å². The lowest BCUT2D eigenvalue weighted by Gasteiger charge is -2.24. The molecule has 9 heteroatoms. The lowest BCUT2D eigenvalue weighted by atomic mass is 10.1. The highest BCUT2D eigenvalue weighted by atomic mass is 32.1. The Balaban J connectivity index is 1.60. The number of benzene rings is 1. The number of H-pyrrole nitrogens is 1. The molecule has 1 atom stereocenters. The number of aliphatic hydroxyl groups is 1. The number of methoxy groups -OCH3 is 1. The van der Waals surface area contributed by atoms with Crippen molar-refractivity contribution in [3.05, 3.63) is 86.7 Å². The van der Waals surface area contributed by atoms with Crippen molar-refractivity contribution in [1.29, 1.82) is 0 Å². The first-order valence-electron chi connectivity index (χ1n) is 11.1. The summed E-state index contributed by atoms with van der Waals surface area (Å²) in [6, 6.07) is 13.5. The maximum atomic E-state index is 12.9. The van der Waals surface area contributed by atoms with Crippen LogP contribution in [0.5, 0.6) is 0 Å². The Bertz CT molecular complexity index is 1300. The molecule has 4 rings (SSSR count). The normalized spacial score (nSPS) is 12.4. The summed E-state index contributed by atoms with van der Waals surface area (Å²) in [6.07, 6.45) is 2.01. The molecule has 34 heavy (non-hydrogen) atoms. The number of aromatic amines is 1. The van der Waals surface area contributed by atoms with Crippen molar-refractivity contribution in [2.24, 2.45) is 0 Å². The van der Waals surface area contributed by atoms with Crippen LogP contribution >= 0.6 is 11.3 Å². The van der Waals surface area contributed by atoms with Gasteiger partial charge in [-0.3, -0.25) is 9.69 Å². The van der Waals surface area contributed by atoms with Gasteiger partial charge in [0.2, 0.25) is 0 Å². The van der Waals surface area contributed by atoms with Crippen molar-refractivity contribution in [1.82, 2.24) is 14.9 Å². The minimum Gasteiger partial charge on any atom is -0.468 e. The molecular formula is C25H27N3O5S. The number of ether oxygens (including phenoxy) is 1. The summed E-state index contributed by atoms with van der Waals surface area (Å²) < 4.78 is 10.4. The topological polar surface area (TPSA) is 109 Å². The second-order valence-electron chi connectivity index (χ2n) is 8.04. The lowest BCUT2D eigenvalue weighted by molar-refractivity contribution is 0.0605. The van der Waals surface area contributed by atoms with Crippen LogP contribution in [0.1, 0.15) is 39.3 Å². The van der Waals surface area contributed by atoms with Gasteiger partial charge < -0.3 is 19.2 Å². The number of aryl methyl sites for hydroxylation is 1. The number of nitrogens with zero attached hydrogens (tertiary/aromatic N) is 2. The number of esters is 1. The molecule has 3 heterocycles. The van der Waals surface area contributed by atoms with E-state index in [1.165, 1.54) is 18.4 Å². The minimum atomic E-state index is -0.618. The van der Waals surface area contributed by atoms with Crippen LogP contribution in [0.3, 0.4) is 0 Å². The van der Waals surface area contributed by atoms with Gasteiger partial charge in [-0.1, -0.05) is 37.3 Å². The molecule has 0 amide bonds. The Kier molecular flexibility index (Phi) is 7.56. The third-order valence-corrected chi connectivity index (χ3v) is 6.66. The zero-order valence-corrected chi connectivity index (χ0v) is 19.9. The number of thiophene rings is 1. The van der Waals surface area contributed by atoms with E-state index in [-0.39, 0.29) is 5.56 Å². The molecule has 178 valence electrons. The molecule has 1 unspecified atom stereocenters. The predicted molar refractivity (Wildman–Crippen MR) is 130 cm³/mol. The van der Waals surface area contributed by atoms with Gasteiger partial charge in [-0.25, -0.2) is 9.78 Å². The van der Waals surface area contributed by atoms with Crippen LogP contribution in [0.4, 0.5) is 0 Å². The molecule has 4 aromatic rings. The SMILES string of the molecule is CCc1c(C(=O)OC)sc2nc(CN(Cc3ccco3)CC(O)Cc3ccccc3)[nH]c(=O)c12. The zero-order chi connectivity index (χ0) is 24.1. The van der Waals surface area contributed by atoms with Crippen molar-refractivity contribution < 1.29 is 19.1 Å². The molecular weight excluding hydrogens is 454 g/mol. The predicted octanol–water partition coefficient (Wildman–Crippen LogP) is 3.53. The lowest BCUT2D eigenvalue weighted by Crippen LogP contribution is -2.34. The number of aromatic nitrogens is 2. The fraction of sp³-hybridized carbons (Fsp3) is 0.320. The maximum absolute atomic E-state index is 12.9. The Morgan fingerprint density at radius 2 is 2.03 bits per heavy atom. The highest BCUT2D eigenvalue weighted by Crippen LogP contribution is 2.29. The molecule has 0 aliphatic heterocycles. The van der Waals surface area contributed by atoms with Gasteiger partial charge >= 0.3 is 5.97 Å². The molecule has 0 radical (unpaired) electrons. The van der Waals surface area contributed by atoms with E-state index >= 15 is 0 Å². The summed E-state index contributed by atoms with van der Waals surface area (Å²) in [4.78, 5) is 35.5. The van der Waals surface area contributed by atoms with Crippen LogP contribution in [0, 0.1) is 0 Å². The molecule has 0 saturated carbocycles. The number of carbonyl (C=O) groups is 1. The Morgan fingerprint density at radius 3 is 2.71 bits per heavy atom. The summed E-state index contributed by atoms with van der Waals surface area (Å²) in [7, 11) is 1.32. The van der Waals surface area contributed by atoms with E-state index in [1.807, 2.05) is 54.3 Å².